The highest BCUT2D eigenvalue weighted by Gasteiger charge is 2.26. The Labute approximate surface area is 134 Å². The van der Waals surface area contributed by atoms with Crippen molar-refractivity contribution in [1.82, 2.24) is 10.2 Å². The smallest absolute Gasteiger partial charge is 0.407 e. The van der Waals surface area contributed by atoms with E-state index >= 15 is 0 Å². The molecule has 130 valence electrons. The predicted octanol–water partition coefficient (Wildman–Crippen LogP) is 1.80. The SMILES string of the molecule is CN(CCS(C)(=O)=O)C1CCC(NC(=O)OC(C)(C)C)CC1. The van der Waals surface area contributed by atoms with E-state index < -0.39 is 15.4 Å². The lowest BCUT2D eigenvalue weighted by Crippen LogP contribution is -2.45. The van der Waals surface area contributed by atoms with E-state index in [-0.39, 0.29) is 17.9 Å². The minimum absolute atomic E-state index is 0.148. The summed E-state index contributed by atoms with van der Waals surface area (Å²) in [6.07, 6.45) is 4.62. The first-order valence-electron chi connectivity index (χ1n) is 7.84. The largest absolute Gasteiger partial charge is 0.444 e. The van der Waals surface area contributed by atoms with Crippen molar-refractivity contribution >= 4 is 15.9 Å². The van der Waals surface area contributed by atoms with E-state index in [1.54, 1.807) is 0 Å². The third-order valence-corrected chi connectivity index (χ3v) is 4.78. The van der Waals surface area contributed by atoms with Crippen molar-refractivity contribution in [3.8, 4) is 0 Å². The van der Waals surface area contributed by atoms with Crippen molar-refractivity contribution < 1.29 is 17.9 Å². The molecule has 22 heavy (non-hydrogen) atoms. The second-order valence-corrected chi connectivity index (χ2v) is 9.52. The topological polar surface area (TPSA) is 75.7 Å². The van der Waals surface area contributed by atoms with Crippen LogP contribution in [0.15, 0.2) is 0 Å². The van der Waals surface area contributed by atoms with Gasteiger partial charge in [-0.3, -0.25) is 0 Å². The number of hydrogen-bond acceptors (Lipinski definition) is 5. The first-order valence-corrected chi connectivity index (χ1v) is 9.90. The molecule has 1 saturated carbocycles. The fourth-order valence-electron chi connectivity index (χ4n) is 2.63. The summed E-state index contributed by atoms with van der Waals surface area (Å²) in [6, 6.07) is 0.535. The van der Waals surface area contributed by atoms with Crippen LogP contribution >= 0.6 is 0 Å². The lowest BCUT2D eigenvalue weighted by Gasteiger charge is -2.35. The van der Waals surface area contributed by atoms with Gasteiger partial charge in [0.05, 0.1) is 5.75 Å². The fraction of sp³-hybridized carbons (Fsp3) is 0.933. The Bertz CT molecular complexity index is 462. The fourth-order valence-corrected chi connectivity index (χ4v) is 3.25. The van der Waals surface area contributed by atoms with Gasteiger partial charge in [0.2, 0.25) is 0 Å². The number of alkyl carbamates (subject to hydrolysis) is 1. The molecule has 0 unspecified atom stereocenters. The lowest BCUT2D eigenvalue weighted by molar-refractivity contribution is 0.0481. The maximum Gasteiger partial charge on any atom is 0.407 e. The summed E-state index contributed by atoms with van der Waals surface area (Å²) in [7, 11) is -0.947. The van der Waals surface area contributed by atoms with Crippen LogP contribution < -0.4 is 5.32 Å². The summed E-state index contributed by atoms with van der Waals surface area (Å²) in [6.45, 7) is 6.11. The van der Waals surface area contributed by atoms with Gasteiger partial charge >= 0.3 is 6.09 Å². The zero-order chi connectivity index (χ0) is 17.0. The van der Waals surface area contributed by atoms with E-state index in [0.717, 1.165) is 25.7 Å². The van der Waals surface area contributed by atoms with E-state index in [1.165, 1.54) is 6.26 Å². The van der Waals surface area contributed by atoms with Crippen molar-refractivity contribution in [2.75, 3.05) is 25.6 Å². The Kier molecular flexibility index (Phi) is 6.67. The summed E-state index contributed by atoms with van der Waals surface area (Å²) in [5.41, 5.74) is -0.479. The molecule has 0 heterocycles. The van der Waals surface area contributed by atoms with Gasteiger partial charge < -0.3 is 15.0 Å². The summed E-state index contributed by atoms with van der Waals surface area (Å²) >= 11 is 0. The first-order chi connectivity index (χ1) is 9.96. The molecular formula is C15H30N2O4S. The normalized spacial score (nSPS) is 23.4. The van der Waals surface area contributed by atoms with Gasteiger partial charge in [0.15, 0.2) is 0 Å². The monoisotopic (exact) mass is 334 g/mol. The number of nitrogens with zero attached hydrogens (tertiary/aromatic N) is 1. The third-order valence-electron chi connectivity index (χ3n) is 3.86. The molecule has 1 fully saturated rings. The highest BCUT2D eigenvalue weighted by molar-refractivity contribution is 7.90. The molecule has 0 spiro atoms. The van der Waals surface area contributed by atoms with Gasteiger partial charge in [0.25, 0.3) is 0 Å². The summed E-state index contributed by atoms with van der Waals surface area (Å²) < 4.78 is 27.7. The molecule has 0 atom stereocenters. The van der Waals surface area contributed by atoms with Crippen molar-refractivity contribution in [3.05, 3.63) is 0 Å². The van der Waals surface area contributed by atoms with Crippen LogP contribution in [0.4, 0.5) is 4.79 Å². The number of sulfone groups is 1. The molecule has 0 saturated heterocycles. The van der Waals surface area contributed by atoms with E-state index in [2.05, 4.69) is 10.2 Å². The van der Waals surface area contributed by atoms with Crippen molar-refractivity contribution in [2.24, 2.45) is 0 Å². The Hall–Kier alpha value is -0.820. The molecule has 1 amide bonds. The van der Waals surface area contributed by atoms with Crippen LogP contribution in [0.1, 0.15) is 46.5 Å². The summed E-state index contributed by atoms with van der Waals surface area (Å²) in [5, 5.41) is 2.92. The van der Waals surface area contributed by atoms with Gasteiger partial charge in [-0.1, -0.05) is 0 Å². The molecule has 1 rings (SSSR count). The average molecular weight is 334 g/mol. The summed E-state index contributed by atoms with van der Waals surface area (Å²) in [5.74, 6) is 0.194. The molecule has 7 heteroatoms. The number of nitrogens with one attached hydrogen (secondary N) is 1. The number of ether oxygens (including phenoxy) is 1. The number of carbonyl (C=O) groups is 1. The van der Waals surface area contributed by atoms with Crippen molar-refractivity contribution in [2.45, 2.75) is 64.1 Å². The van der Waals surface area contributed by atoms with Crippen LogP contribution in [0, 0.1) is 0 Å². The minimum atomic E-state index is -2.92. The molecule has 1 aliphatic carbocycles. The molecule has 0 aliphatic heterocycles. The predicted molar refractivity (Wildman–Crippen MR) is 87.8 cm³/mol. The second kappa shape index (κ2) is 7.64. The number of amides is 1. The van der Waals surface area contributed by atoms with Crippen LogP contribution in [0.5, 0.6) is 0 Å². The zero-order valence-electron chi connectivity index (χ0n) is 14.4. The van der Waals surface area contributed by atoms with Crippen LogP contribution in [-0.2, 0) is 14.6 Å². The van der Waals surface area contributed by atoms with Crippen LogP contribution in [0.3, 0.4) is 0 Å². The van der Waals surface area contributed by atoms with Crippen LogP contribution in [0.2, 0.25) is 0 Å². The first kappa shape index (κ1) is 19.2. The van der Waals surface area contributed by atoms with Crippen LogP contribution in [0.25, 0.3) is 0 Å². The Morgan fingerprint density at radius 2 is 1.77 bits per heavy atom. The van der Waals surface area contributed by atoms with Gasteiger partial charge in [0.1, 0.15) is 15.4 Å². The standard InChI is InChI=1S/C15H30N2O4S/c1-15(2,3)21-14(18)16-12-6-8-13(9-7-12)17(4)10-11-22(5,19)20/h12-13H,6-11H2,1-5H3,(H,16,18). The van der Waals surface area contributed by atoms with E-state index in [4.69, 9.17) is 4.74 Å². The van der Waals surface area contributed by atoms with Crippen molar-refractivity contribution in [3.63, 3.8) is 0 Å². The van der Waals surface area contributed by atoms with E-state index in [1.807, 2.05) is 27.8 Å². The summed E-state index contributed by atoms with van der Waals surface area (Å²) in [4.78, 5) is 13.9. The van der Waals surface area contributed by atoms with E-state index in [9.17, 15) is 13.2 Å². The Balaban J connectivity index is 2.32. The number of hydrogen-bond donors (Lipinski definition) is 1. The molecule has 1 aliphatic rings. The van der Waals surface area contributed by atoms with Gasteiger partial charge in [-0.05, 0) is 53.5 Å². The number of rotatable bonds is 5. The molecule has 1 N–H and O–H groups in total. The van der Waals surface area contributed by atoms with Gasteiger partial charge in [-0.15, -0.1) is 0 Å². The second-order valence-electron chi connectivity index (χ2n) is 7.26. The van der Waals surface area contributed by atoms with Gasteiger partial charge in [-0.2, -0.15) is 0 Å². The number of carbonyl (C=O) groups excluding carboxylic acids is 1. The molecule has 0 radical (unpaired) electrons. The third kappa shape index (κ3) is 7.98. The van der Waals surface area contributed by atoms with Gasteiger partial charge in [-0.25, -0.2) is 13.2 Å². The molecule has 6 nitrogen and oxygen atoms in total. The molecule has 0 bridgehead atoms. The molecule has 0 aromatic heterocycles. The quantitative estimate of drug-likeness (QED) is 0.830. The average Bonchev–Trinajstić information content (AvgIpc) is 2.33. The lowest BCUT2D eigenvalue weighted by atomic mass is 9.90. The maximum absolute atomic E-state index is 11.7. The maximum atomic E-state index is 11.7. The highest BCUT2D eigenvalue weighted by atomic mass is 32.2. The van der Waals surface area contributed by atoms with E-state index in [0.29, 0.717) is 12.6 Å². The van der Waals surface area contributed by atoms with Gasteiger partial charge in [0, 0.05) is 24.9 Å². The minimum Gasteiger partial charge on any atom is -0.444 e. The molecule has 0 aromatic rings. The zero-order valence-corrected chi connectivity index (χ0v) is 15.2. The highest BCUT2D eigenvalue weighted by Crippen LogP contribution is 2.22. The Morgan fingerprint density at radius 1 is 1.23 bits per heavy atom. The van der Waals surface area contributed by atoms with Crippen LogP contribution in [-0.4, -0.2) is 62.7 Å². The molecular weight excluding hydrogens is 304 g/mol. The molecule has 0 aromatic carbocycles. The Morgan fingerprint density at radius 3 is 2.23 bits per heavy atom. The van der Waals surface area contributed by atoms with Crippen molar-refractivity contribution in [1.29, 1.82) is 0 Å².